The van der Waals surface area contributed by atoms with Crippen LogP contribution in [0.25, 0.3) is 0 Å². The Morgan fingerprint density at radius 2 is 2.05 bits per heavy atom. The maximum Gasteiger partial charge on any atom is 0.127 e. The van der Waals surface area contributed by atoms with E-state index in [-0.39, 0.29) is 11.2 Å². The van der Waals surface area contributed by atoms with Crippen molar-refractivity contribution in [2.45, 2.75) is 33.7 Å². The summed E-state index contributed by atoms with van der Waals surface area (Å²) in [5.41, 5.74) is 6.58. The Hall–Kier alpha value is -0.450. The van der Waals surface area contributed by atoms with E-state index in [0.717, 1.165) is 29.5 Å². The quantitative estimate of drug-likeness (QED) is 0.824. The van der Waals surface area contributed by atoms with Crippen LogP contribution in [0.4, 0.5) is 4.39 Å². The first-order valence-corrected chi connectivity index (χ1v) is 7.53. The average molecular weight is 331 g/mol. The zero-order valence-electron chi connectivity index (χ0n) is 12.0. The zero-order chi connectivity index (χ0) is 14.5. The van der Waals surface area contributed by atoms with E-state index >= 15 is 0 Å². The van der Waals surface area contributed by atoms with E-state index in [1.807, 2.05) is 6.07 Å². The molecule has 0 aliphatic rings. The van der Waals surface area contributed by atoms with Gasteiger partial charge in [-0.3, -0.25) is 4.90 Å². The van der Waals surface area contributed by atoms with Crippen molar-refractivity contribution >= 4 is 15.9 Å². The zero-order valence-corrected chi connectivity index (χ0v) is 13.6. The van der Waals surface area contributed by atoms with E-state index in [0.29, 0.717) is 13.1 Å². The van der Waals surface area contributed by atoms with Gasteiger partial charge in [0.25, 0.3) is 0 Å². The molecule has 0 bridgehead atoms. The van der Waals surface area contributed by atoms with Crippen LogP contribution >= 0.6 is 15.9 Å². The molecule has 2 nitrogen and oxygen atoms in total. The molecule has 1 aromatic carbocycles. The molecular formula is C15H24BrFN2. The van der Waals surface area contributed by atoms with Crippen molar-refractivity contribution in [2.24, 2.45) is 11.1 Å². The highest BCUT2D eigenvalue weighted by molar-refractivity contribution is 9.10. The highest BCUT2D eigenvalue weighted by Gasteiger charge is 2.20. The lowest BCUT2D eigenvalue weighted by Gasteiger charge is -2.31. The Balaban J connectivity index is 2.80. The van der Waals surface area contributed by atoms with E-state index in [1.54, 1.807) is 6.07 Å². The van der Waals surface area contributed by atoms with E-state index < -0.39 is 0 Å². The highest BCUT2D eigenvalue weighted by atomic mass is 79.9. The molecule has 1 rings (SSSR count). The average Bonchev–Trinajstić information content (AvgIpc) is 2.34. The van der Waals surface area contributed by atoms with Crippen LogP contribution in [0.3, 0.4) is 0 Å². The van der Waals surface area contributed by atoms with Gasteiger partial charge in [-0.15, -0.1) is 0 Å². The van der Waals surface area contributed by atoms with Crippen molar-refractivity contribution in [3.8, 4) is 0 Å². The summed E-state index contributed by atoms with van der Waals surface area (Å²) in [7, 11) is 0. The number of halogens is 2. The Morgan fingerprint density at radius 1 is 1.37 bits per heavy atom. The van der Waals surface area contributed by atoms with E-state index in [4.69, 9.17) is 5.73 Å². The van der Waals surface area contributed by atoms with Gasteiger partial charge in [0, 0.05) is 23.1 Å². The van der Waals surface area contributed by atoms with Gasteiger partial charge in [0.15, 0.2) is 0 Å². The topological polar surface area (TPSA) is 29.3 Å². The van der Waals surface area contributed by atoms with Crippen LogP contribution < -0.4 is 5.73 Å². The fourth-order valence-corrected chi connectivity index (χ4v) is 2.51. The third kappa shape index (κ3) is 5.59. The second-order valence-corrected chi connectivity index (χ2v) is 6.73. The van der Waals surface area contributed by atoms with Crippen LogP contribution in [0.5, 0.6) is 0 Å². The van der Waals surface area contributed by atoms with Crippen molar-refractivity contribution in [2.75, 3.05) is 19.6 Å². The molecule has 0 saturated heterocycles. The highest BCUT2D eigenvalue weighted by Crippen LogP contribution is 2.20. The number of hydrogen-bond donors (Lipinski definition) is 1. The van der Waals surface area contributed by atoms with Crippen molar-refractivity contribution in [1.29, 1.82) is 0 Å². The summed E-state index contributed by atoms with van der Waals surface area (Å²) in [6, 6.07) is 5.10. The summed E-state index contributed by atoms with van der Waals surface area (Å²) in [5, 5.41) is 0. The molecule has 0 aliphatic carbocycles. The van der Waals surface area contributed by atoms with Crippen LogP contribution in [0.1, 0.15) is 32.8 Å². The minimum atomic E-state index is -0.144. The molecule has 0 fully saturated rings. The number of hydrogen-bond acceptors (Lipinski definition) is 2. The molecule has 0 atom stereocenters. The standard InChI is InChI=1S/C15H24BrFN2/c1-4-7-19(11-15(2,3)10-18)9-12-8-13(16)5-6-14(12)17/h5-6,8H,4,7,9-11,18H2,1-3H3. The minimum absolute atomic E-state index is 0.0532. The number of benzene rings is 1. The summed E-state index contributed by atoms with van der Waals surface area (Å²) in [6.45, 7) is 9.52. The van der Waals surface area contributed by atoms with Gasteiger partial charge in [-0.25, -0.2) is 4.39 Å². The van der Waals surface area contributed by atoms with E-state index in [1.165, 1.54) is 6.07 Å². The molecule has 0 heterocycles. The van der Waals surface area contributed by atoms with Gasteiger partial charge in [-0.05, 0) is 43.1 Å². The van der Waals surface area contributed by atoms with Crippen molar-refractivity contribution in [3.05, 3.63) is 34.1 Å². The molecule has 0 spiro atoms. The predicted molar refractivity (Wildman–Crippen MR) is 82.5 cm³/mol. The van der Waals surface area contributed by atoms with Gasteiger partial charge in [-0.2, -0.15) is 0 Å². The molecule has 0 aliphatic heterocycles. The SMILES string of the molecule is CCCN(Cc1cc(Br)ccc1F)CC(C)(C)CN. The third-order valence-corrected chi connectivity index (χ3v) is 3.64. The monoisotopic (exact) mass is 330 g/mol. The predicted octanol–water partition coefficient (Wildman–Crippen LogP) is 3.79. The first-order valence-electron chi connectivity index (χ1n) is 6.74. The Labute approximate surface area is 124 Å². The smallest absolute Gasteiger partial charge is 0.127 e. The summed E-state index contributed by atoms with van der Waals surface area (Å²) in [4.78, 5) is 2.28. The third-order valence-electron chi connectivity index (χ3n) is 3.15. The number of nitrogens with zero attached hydrogens (tertiary/aromatic N) is 1. The first-order chi connectivity index (χ1) is 8.88. The van der Waals surface area contributed by atoms with Gasteiger partial charge in [-0.1, -0.05) is 36.7 Å². The van der Waals surface area contributed by atoms with E-state index in [9.17, 15) is 4.39 Å². The largest absolute Gasteiger partial charge is 0.330 e. The van der Waals surface area contributed by atoms with Gasteiger partial charge in [0.2, 0.25) is 0 Å². The molecule has 0 unspecified atom stereocenters. The van der Waals surface area contributed by atoms with Crippen molar-refractivity contribution < 1.29 is 4.39 Å². The van der Waals surface area contributed by atoms with E-state index in [2.05, 4.69) is 41.6 Å². The summed E-state index contributed by atoms with van der Waals surface area (Å²) in [6.07, 6.45) is 1.05. The Morgan fingerprint density at radius 3 is 2.63 bits per heavy atom. The van der Waals surface area contributed by atoms with Crippen LogP contribution in [0.15, 0.2) is 22.7 Å². The minimum Gasteiger partial charge on any atom is -0.330 e. The molecule has 0 radical (unpaired) electrons. The fraction of sp³-hybridized carbons (Fsp3) is 0.600. The lowest BCUT2D eigenvalue weighted by Crippen LogP contribution is -2.39. The molecule has 2 N–H and O–H groups in total. The second-order valence-electron chi connectivity index (χ2n) is 5.81. The van der Waals surface area contributed by atoms with Gasteiger partial charge >= 0.3 is 0 Å². The first kappa shape index (κ1) is 16.6. The molecule has 0 saturated carbocycles. The van der Waals surface area contributed by atoms with Crippen LogP contribution in [-0.4, -0.2) is 24.5 Å². The van der Waals surface area contributed by atoms with Crippen molar-refractivity contribution in [3.63, 3.8) is 0 Å². The summed E-state index contributed by atoms with van der Waals surface area (Å²) < 4.78 is 14.7. The maximum absolute atomic E-state index is 13.8. The molecule has 108 valence electrons. The molecule has 0 amide bonds. The van der Waals surface area contributed by atoms with Crippen molar-refractivity contribution in [1.82, 2.24) is 4.90 Å². The molecule has 1 aromatic rings. The lowest BCUT2D eigenvalue weighted by molar-refractivity contribution is 0.174. The lowest BCUT2D eigenvalue weighted by atomic mass is 9.93. The van der Waals surface area contributed by atoms with Gasteiger partial charge in [0.05, 0.1) is 0 Å². The molecular weight excluding hydrogens is 307 g/mol. The molecule has 19 heavy (non-hydrogen) atoms. The normalized spacial score (nSPS) is 12.2. The molecule has 4 heteroatoms. The van der Waals surface area contributed by atoms with Crippen LogP contribution in [-0.2, 0) is 6.54 Å². The maximum atomic E-state index is 13.8. The van der Waals surface area contributed by atoms with Crippen LogP contribution in [0.2, 0.25) is 0 Å². The summed E-state index contributed by atoms with van der Waals surface area (Å²) in [5.74, 6) is -0.144. The van der Waals surface area contributed by atoms with Crippen LogP contribution in [0, 0.1) is 11.2 Å². The van der Waals surface area contributed by atoms with Gasteiger partial charge in [0.1, 0.15) is 5.82 Å². The summed E-state index contributed by atoms with van der Waals surface area (Å²) >= 11 is 3.40. The Kier molecular flexibility index (Phi) is 6.43. The molecule has 0 aromatic heterocycles. The van der Waals surface area contributed by atoms with Gasteiger partial charge < -0.3 is 5.73 Å². The number of nitrogens with two attached hydrogens (primary N) is 1. The fourth-order valence-electron chi connectivity index (χ4n) is 2.11. The Bertz CT molecular complexity index is 407. The second kappa shape index (κ2) is 7.36. The number of rotatable bonds is 7.